The van der Waals surface area contributed by atoms with Crippen molar-refractivity contribution in [3.05, 3.63) is 33.9 Å². The second-order valence-corrected chi connectivity index (χ2v) is 4.92. The summed E-state index contributed by atoms with van der Waals surface area (Å²) >= 11 is 0. The van der Waals surface area contributed by atoms with E-state index in [1.54, 1.807) is 0 Å². The van der Waals surface area contributed by atoms with Gasteiger partial charge in [-0.3, -0.25) is 14.9 Å². The zero-order valence-corrected chi connectivity index (χ0v) is 10.4. The van der Waals surface area contributed by atoms with Crippen LogP contribution < -0.4 is 16.8 Å². The van der Waals surface area contributed by atoms with E-state index >= 15 is 0 Å². The molecule has 7 heteroatoms. The number of amides is 1. The van der Waals surface area contributed by atoms with Gasteiger partial charge in [0.1, 0.15) is 5.69 Å². The van der Waals surface area contributed by atoms with Crippen molar-refractivity contribution in [1.29, 1.82) is 0 Å². The summed E-state index contributed by atoms with van der Waals surface area (Å²) in [5.41, 5.74) is 11.2. The van der Waals surface area contributed by atoms with Gasteiger partial charge in [0, 0.05) is 23.7 Å². The summed E-state index contributed by atoms with van der Waals surface area (Å²) in [5, 5.41) is 14.0. The molecule has 0 radical (unpaired) electrons. The normalized spacial score (nSPS) is 16.5. The van der Waals surface area contributed by atoms with Crippen LogP contribution in [-0.4, -0.2) is 22.9 Å². The highest BCUT2D eigenvalue weighted by molar-refractivity contribution is 5.94. The van der Waals surface area contributed by atoms with Gasteiger partial charge < -0.3 is 16.8 Å². The predicted molar refractivity (Wildman–Crippen MR) is 70.9 cm³/mol. The van der Waals surface area contributed by atoms with Crippen LogP contribution in [0.2, 0.25) is 0 Å². The molecule has 2 rings (SSSR count). The molecular formula is C12H16N4O3. The Balaban J connectivity index is 2.19. The number of nitrogens with zero attached hydrogens (tertiary/aromatic N) is 1. The molecule has 1 aliphatic carbocycles. The van der Waals surface area contributed by atoms with Crippen molar-refractivity contribution in [3.8, 4) is 0 Å². The third-order valence-electron chi connectivity index (χ3n) is 3.46. The summed E-state index contributed by atoms with van der Waals surface area (Å²) in [6.07, 6.45) is 2.90. The van der Waals surface area contributed by atoms with Crippen molar-refractivity contribution in [2.45, 2.75) is 24.8 Å². The van der Waals surface area contributed by atoms with Gasteiger partial charge in [-0.1, -0.05) is 0 Å². The SMILES string of the molecule is NC(=O)c1ccc(NCC2(N)CCC2)c([N+](=O)[O-])c1. The number of hydrogen-bond donors (Lipinski definition) is 3. The Bertz CT molecular complexity index is 526. The number of hydrogen-bond acceptors (Lipinski definition) is 5. The van der Waals surface area contributed by atoms with Gasteiger partial charge in [0.15, 0.2) is 0 Å². The molecule has 7 nitrogen and oxygen atoms in total. The molecule has 0 bridgehead atoms. The average molecular weight is 264 g/mol. The van der Waals surface area contributed by atoms with E-state index < -0.39 is 10.8 Å². The first-order valence-electron chi connectivity index (χ1n) is 6.02. The van der Waals surface area contributed by atoms with Crippen LogP contribution in [0.15, 0.2) is 18.2 Å². The fourth-order valence-electron chi connectivity index (χ4n) is 2.06. The van der Waals surface area contributed by atoms with Crippen LogP contribution in [0.5, 0.6) is 0 Å². The molecule has 1 aromatic rings. The molecule has 1 aliphatic rings. The first kappa shape index (κ1) is 13.3. The summed E-state index contributed by atoms with van der Waals surface area (Å²) in [4.78, 5) is 21.5. The molecule has 19 heavy (non-hydrogen) atoms. The second kappa shape index (κ2) is 4.85. The molecule has 102 valence electrons. The summed E-state index contributed by atoms with van der Waals surface area (Å²) in [6.45, 7) is 0.476. The number of nitro groups is 1. The molecule has 0 saturated heterocycles. The quantitative estimate of drug-likeness (QED) is 0.540. The van der Waals surface area contributed by atoms with E-state index in [-0.39, 0.29) is 16.8 Å². The second-order valence-electron chi connectivity index (χ2n) is 4.92. The average Bonchev–Trinajstić information content (AvgIpc) is 2.33. The molecule has 0 spiro atoms. The molecule has 0 atom stereocenters. The minimum Gasteiger partial charge on any atom is -0.378 e. The van der Waals surface area contributed by atoms with Crippen LogP contribution >= 0.6 is 0 Å². The summed E-state index contributed by atoms with van der Waals surface area (Å²) in [7, 11) is 0. The number of primary amides is 1. The number of benzene rings is 1. The van der Waals surface area contributed by atoms with Gasteiger partial charge in [-0.05, 0) is 31.4 Å². The Hall–Kier alpha value is -2.15. The lowest BCUT2D eigenvalue weighted by molar-refractivity contribution is -0.384. The highest BCUT2D eigenvalue weighted by Gasteiger charge is 2.32. The zero-order valence-electron chi connectivity index (χ0n) is 10.4. The number of anilines is 1. The smallest absolute Gasteiger partial charge is 0.293 e. The number of nitrogens with one attached hydrogen (secondary N) is 1. The molecule has 0 aliphatic heterocycles. The van der Waals surface area contributed by atoms with E-state index in [1.165, 1.54) is 18.2 Å². The molecule has 0 aromatic heterocycles. The fourth-order valence-corrected chi connectivity index (χ4v) is 2.06. The predicted octanol–water partition coefficient (Wildman–Crippen LogP) is 0.987. The van der Waals surface area contributed by atoms with Crippen molar-refractivity contribution in [2.75, 3.05) is 11.9 Å². The Morgan fingerprint density at radius 3 is 2.63 bits per heavy atom. The monoisotopic (exact) mass is 264 g/mol. The van der Waals surface area contributed by atoms with Crippen molar-refractivity contribution < 1.29 is 9.72 Å². The van der Waals surface area contributed by atoms with Crippen molar-refractivity contribution in [3.63, 3.8) is 0 Å². The first-order chi connectivity index (χ1) is 8.91. The number of rotatable bonds is 5. The third-order valence-corrected chi connectivity index (χ3v) is 3.46. The minimum atomic E-state index is -0.691. The van der Waals surface area contributed by atoms with Gasteiger partial charge in [-0.15, -0.1) is 0 Å². The third kappa shape index (κ3) is 2.82. The fraction of sp³-hybridized carbons (Fsp3) is 0.417. The first-order valence-corrected chi connectivity index (χ1v) is 6.02. The van der Waals surface area contributed by atoms with E-state index in [4.69, 9.17) is 11.5 Å². The number of nitro benzene ring substituents is 1. The molecule has 1 aromatic carbocycles. The maximum atomic E-state index is 11.0. The van der Waals surface area contributed by atoms with Gasteiger partial charge in [0.05, 0.1) is 4.92 Å². The molecule has 0 heterocycles. The van der Waals surface area contributed by atoms with Gasteiger partial charge in [-0.25, -0.2) is 0 Å². The summed E-state index contributed by atoms with van der Waals surface area (Å²) in [6, 6.07) is 4.12. The van der Waals surface area contributed by atoms with Crippen molar-refractivity contribution in [1.82, 2.24) is 0 Å². The Morgan fingerprint density at radius 2 is 2.16 bits per heavy atom. The van der Waals surface area contributed by atoms with Gasteiger partial charge in [0.2, 0.25) is 5.91 Å². The van der Waals surface area contributed by atoms with Crippen LogP contribution in [0.3, 0.4) is 0 Å². The number of nitrogens with two attached hydrogens (primary N) is 2. The molecular weight excluding hydrogens is 248 g/mol. The Morgan fingerprint density at radius 1 is 1.47 bits per heavy atom. The van der Waals surface area contributed by atoms with Crippen LogP contribution in [0.1, 0.15) is 29.6 Å². The molecule has 0 unspecified atom stereocenters. The largest absolute Gasteiger partial charge is 0.378 e. The Labute approximate surface area is 110 Å². The van der Waals surface area contributed by atoms with E-state index in [0.29, 0.717) is 12.2 Å². The van der Waals surface area contributed by atoms with Crippen LogP contribution in [-0.2, 0) is 0 Å². The van der Waals surface area contributed by atoms with Crippen molar-refractivity contribution in [2.24, 2.45) is 11.5 Å². The lowest BCUT2D eigenvalue weighted by Crippen LogP contribution is -2.52. The molecule has 5 N–H and O–H groups in total. The molecule has 1 saturated carbocycles. The summed E-state index contributed by atoms with van der Waals surface area (Å²) in [5.74, 6) is -0.691. The summed E-state index contributed by atoms with van der Waals surface area (Å²) < 4.78 is 0. The maximum absolute atomic E-state index is 11.0. The van der Waals surface area contributed by atoms with Crippen molar-refractivity contribution >= 4 is 17.3 Å². The van der Waals surface area contributed by atoms with E-state index in [0.717, 1.165) is 19.3 Å². The van der Waals surface area contributed by atoms with E-state index in [9.17, 15) is 14.9 Å². The lowest BCUT2D eigenvalue weighted by Gasteiger charge is -2.38. The topological polar surface area (TPSA) is 124 Å². The van der Waals surface area contributed by atoms with E-state index in [2.05, 4.69) is 5.32 Å². The van der Waals surface area contributed by atoms with Crippen LogP contribution in [0.25, 0.3) is 0 Å². The van der Waals surface area contributed by atoms with Gasteiger partial charge in [0.25, 0.3) is 5.69 Å². The van der Waals surface area contributed by atoms with E-state index in [1.807, 2.05) is 0 Å². The minimum absolute atomic E-state index is 0.114. The van der Waals surface area contributed by atoms with Crippen LogP contribution in [0, 0.1) is 10.1 Å². The highest BCUT2D eigenvalue weighted by atomic mass is 16.6. The highest BCUT2D eigenvalue weighted by Crippen LogP contribution is 2.31. The Kier molecular flexibility index (Phi) is 3.39. The van der Waals surface area contributed by atoms with Gasteiger partial charge in [-0.2, -0.15) is 0 Å². The number of carbonyl (C=O) groups excluding carboxylic acids is 1. The lowest BCUT2D eigenvalue weighted by atomic mass is 9.78. The maximum Gasteiger partial charge on any atom is 0.293 e. The van der Waals surface area contributed by atoms with Gasteiger partial charge >= 0.3 is 0 Å². The van der Waals surface area contributed by atoms with Crippen LogP contribution in [0.4, 0.5) is 11.4 Å². The standard InChI is InChI=1S/C12H16N4O3/c13-11(17)8-2-3-9(10(6-8)16(18)19)15-7-12(14)4-1-5-12/h2-3,6,15H,1,4-5,7,14H2,(H2,13,17). The zero-order chi connectivity index (χ0) is 14.0. The molecule has 1 fully saturated rings. The number of carbonyl (C=O) groups is 1. The molecule has 1 amide bonds.